The van der Waals surface area contributed by atoms with Crippen LogP contribution in [0.5, 0.6) is 0 Å². The summed E-state index contributed by atoms with van der Waals surface area (Å²) in [5.74, 6) is -0.120. The number of amides is 2. The highest BCUT2D eigenvalue weighted by Crippen LogP contribution is 2.16. The van der Waals surface area contributed by atoms with Gasteiger partial charge >= 0.3 is 0 Å². The van der Waals surface area contributed by atoms with Crippen LogP contribution in [-0.2, 0) is 11.2 Å². The molecule has 2 amide bonds. The maximum Gasteiger partial charge on any atom is 0.291 e. The molecule has 1 aromatic carbocycles. The molecule has 7 heteroatoms. The Balaban J connectivity index is 1.82. The zero-order chi connectivity index (χ0) is 17.4. The molecule has 6 nitrogen and oxygen atoms in total. The first-order valence-corrected chi connectivity index (χ1v) is 8.51. The van der Waals surface area contributed by atoms with Gasteiger partial charge in [-0.15, -0.1) is 0 Å². The highest BCUT2D eigenvalue weighted by Gasteiger charge is 2.10. The van der Waals surface area contributed by atoms with E-state index >= 15 is 0 Å². The van der Waals surface area contributed by atoms with Crippen LogP contribution in [-0.4, -0.2) is 31.4 Å². The molecule has 0 radical (unpaired) electrons. The molecule has 0 saturated heterocycles. The molecule has 0 atom stereocenters. The number of furan rings is 1. The van der Waals surface area contributed by atoms with Crippen molar-refractivity contribution in [2.24, 2.45) is 0 Å². The van der Waals surface area contributed by atoms with Crippen LogP contribution in [0.3, 0.4) is 0 Å². The molecule has 0 fully saturated rings. The zero-order valence-electron chi connectivity index (χ0n) is 13.4. The lowest BCUT2D eigenvalue weighted by atomic mass is 10.1. The molecule has 1 heterocycles. The topological polar surface area (TPSA) is 83.4 Å². The Kier molecular flexibility index (Phi) is 7.02. The van der Waals surface area contributed by atoms with E-state index in [-0.39, 0.29) is 17.6 Å². The second-order valence-corrected chi connectivity index (χ2v) is 5.92. The molecule has 0 bridgehead atoms. The second kappa shape index (κ2) is 9.24. The number of anilines is 1. The fourth-order valence-electron chi connectivity index (χ4n) is 2.05. The molecule has 128 valence electrons. The zero-order valence-corrected chi connectivity index (χ0v) is 15.0. The highest BCUT2D eigenvalue weighted by atomic mass is 79.9. The summed E-state index contributed by atoms with van der Waals surface area (Å²) in [7, 11) is 0. The number of benzene rings is 1. The number of hydrogen-bond donors (Lipinski definition) is 3. The van der Waals surface area contributed by atoms with Gasteiger partial charge in [-0.3, -0.25) is 9.59 Å². The van der Waals surface area contributed by atoms with Crippen molar-refractivity contribution in [3.8, 4) is 0 Å². The molecule has 2 aromatic rings. The Morgan fingerprint density at radius 3 is 2.46 bits per heavy atom. The molecule has 2 rings (SSSR count). The van der Waals surface area contributed by atoms with Crippen molar-refractivity contribution in [3.63, 3.8) is 0 Å². The smallest absolute Gasteiger partial charge is 0.291 e. The second-order valence-electron chi connectivity index (χ2n) is 5.14. The van der Waals surface area contributed by atoms with E-state index < -0.39 is 0 Å². The number of rotatable bonds is 8. The molecule has 0 unspecified atom stereocenters. The number of nitrogens with one attached hydrogen (secondary N) is 3. The summed E-state index contributed by atoms with van der Waals surface area (Å²) in [6.07, 6.45) is 0.311. The number of carbonyl (C=O) groups excluding carboxylic acids is 2. The standard InChI is InChI=1S/C17H20BrN3O3/c1-2-19-9-10-20-16(22)11-12-3-5-13(6-4-12)21-17(23)14-7-8-15(18)24-14/h3-8,19H,2,9-11H2,1H3,(H,20,22)(H,21,23). The van der Waals surface area contributed by atoms with Crippen LogP contribution in [0.15, 0.2) is 45.5 Å². The molecule has 0 aliphatic carbocycles. The first-order chi connectivity index (χ1) is 11.6. The number of halogens is 1. The van der Waals surface area contributed by atoms with Gasteiger partial charge in [0.2, 0.25) is 5.91 Å². The number of carbonyl (C=O) groups is 2. The SMILES string of the molecule is CCNCCNC(=O)Cc1ccc(NC(=O)c2ccc(Br)o2)cc1. The van der Waals surface area contributed by atoms with Crippen molar-refractivity contribution in [3.05, 3.63) is 52.4 Å². The van der Waals surface area contributed by atoms with Gasteiger partial charge in [0.25, 0.3) is 5.91 Å². The summed E-state index contributed by atoms with van der Waals surface area (Å²) in [6.45, 7) is 4.28. The monoisotopic (exact) mass is 393 g/mol. The Bertz CT molecular complexity index is 683. The molecule has 0 aliphatic rings. The van der Waals surface area contributed by atoms with Gasteiger partial charge in [-0.2, -0.15) is 0 Å². The summed E-state index contributed by atoms with van der Waals surface area (Å²) < 4.78 is 5.70. The quantitative estimate of drug-likeness (QED) is 0.601. The maximum absolute atomic E-state index is 12.0. The van der Waals surface area contributed by atoms with Crippen LogP contribution >= 0.6 is 15.9 Å². The third-order valence-corrected chi connectivity index (χ3v) is 3.67. The van der Waals surface area contributed by atoms with Crippen LogP contribution in [0.4, 0.5) is 5.69 Å². The van der Waals surface area contributed by atoms with Crippen molar-refractivity contribution in [1.29, 1.82) is 0 Å². The van der Waals surface area contributed by atoms with E-state index in [0.717, 1.165) is 18.7 Å². The van der Waals surface area contributed by atoms with Gasteiger partial charge < -0.3 is 20.4 Å². The van der Waals surface area contributed by atoms with E-state index in [1.54, 1.807) is 24.3 Å². The van der Waals surface area contributed by atoms with E-state index in [0.29, 0.717) is 23.3 Å². The molecule has 0 aliphatic heterocycles. The average molecular weight is 394 g/mol. The fraction of sp³-hybridized carbons (Fsp3) is 0.294. The predicted octanol–water partition coefficient (Wildman–Crippen LogP) is 2.56. The highest BCUT2D eigenvalue weighted by molar-refractivity contribution is 9.10. The molecular formula is C17H20BrN3O3. The Hall–Kier alpha value is -2.12. The van der Waals surface area contributed by atoms with E-state index in [2.05, 4.69) is 31.9 Å². The van der Waals surface area contributed by atoms with Crippen molar-refractivity contribution < 1.29 is 14.0 Å². The van der Waals surface area contributed by atoms with Crippen molar-refractivity contribution in [2.75, 3.05) is 25.0 Å². The van der Waals surface area contributed by atoms with Crippen LogP contribution in [0, 0.1) is 0 Å². The molecular weight excluding hydrogens is 374 g/mol. The first kappa shape index (κ1) is 18.2. The van der Waals surface area contributed by atoms with E-state index in [1.165, 1.54) is 0 Å². The molecule has 24 heavy (non-hydrogen) atoms. The Labute approximate surface area is 149 Å². The normalized spacial score (nSPS) is 10.4. The largest absolute Gasteiger partial charge is 0.444 e. The molecule has 3 N–H and O–H groups in total. The minimum Gasteiger partial charge on any atom is -0.444 e. The molecule has 0 spiro atoms. The number of hydrogen-bond acceptors (Lipinski definition) is 4. The maximum atomic E-state index is 12.0. The minimum absolute atomic E-state index is 0.0230. The molecule has 1 aromatic heterocycles. The van der Waals surface area contributed by atoms with Gasteiger partial charge in [0.05, 0.1) is 6.42 Å². The third-order valence-electron chi connectivity index (χ3n) is 3.25. The van der Waals surface area contributed by atoms with Crippen molar-refractivity contribution >= 4 is 33.4 Å². The van der Waals surface area contributed by atoms with Gasteiger partial charge in [-0.05, 0) is 52.3 Å². The van der Waals surface area contributed by atoms with Gasteiger partial charge in [-0.1, -0.05) is 19.1 Å². The van der Waals surface area contributed by atoms with Gasteiger partial charge in [0.15, 0.2) is 10.4 Å². The Morgan fingerprint density at radius 1 is 1.08 bits per heavy atom. The van der Waals surface area contributed by atoms with Gasteiger partial charge in [0.1, 0.15) is 0 Å². The predicted molar refractivity (Wildman–Crippen MR) is 96.1 cm³/mol. The lowest BCUT2D eigenvalue weighted by Gasteiger charge is -2.07. The average Bonchev–Trinajstić information content (AvgIpc) is 3.00. The summed E-state index contributed by atoms with van der Waals surface area (Å²) in [6, 6.07) is 10.4. The number of likely N-dealkylation sites (N-methyl/N-ethyl adjacent to an activating group) is 1. The lowest BCUT2D eigenvalue weighted by molar-refractivity contribution is -0.120. The summed E-state index contributed by atoms with van der Waals surface area (Å²) in [5.41, 5.74) is 1.53. The van der Waals surface area contributed by atoms with Crippen molar-refractivity contribution in [2.45, 2.75) is 13.3 Å². The molecule has 0 saturated carbocycles. The summed E-state index contributed by atoms with van der Waals surface area (Å²) in [4.78, 5) is 23.8. The van der Waals surface area contributed by atoms with Crippen LogP contribution in [0.1, 0.15) is 23.0 Å². The third kappa shape index (κ3) is 5.82. The van der Waals surface area contributed by atoms with Crippen molar-refractivity contribution in [1.82, 2.24) is 10.6 Å². The van der Waals surface area contributed by atoms with Crippen LogP contribution < -0.4 is 16.0 Å². The Morgan fingerprint density at radius 2 is 1.83 bits per heavy atom. The van der Waals surface area contributed by atoms with E-state index in [9.17, 15) is 9.59 Å². The van der Waals surface area contributed by atoms with E-state index in [1.807, 2.05) is 19.1 Å². The van der Waals surface area contributed by atoms with Gasteiger partial charge in [-0.25, -0.2) is 0 Å². The lowest BCUT2D eigenvalue weighted by Crippen LogP contribution is -2.32. The van der Waals surface area contributed by atoms with Crippen LogP contribution in [0.2, 0.25) is 0 Å². The first-order valence-electron chi connectivity index (χ1n) is 7.71. The van der Waals surface area contributed by atoms with Gasteiger partial charge in [0, 0.05) is 18.8 Å². The summed E-state index contributed by atoms with van der Waals surface area (Å²) in [5, 5.41) is 8.73. The minimum atomic E-state index is -0.324. The summed E-state index contributed by atoms with van der Waals surface area (Å²) >= 11 is 3.16. The fourth-order valence-corrected chi connectivity index (χ4v) is 2.36. The van der Waals surface area contributed by atoms with E-state index in [4.69, 9.17) is 4.42 Å². The van der Waals surface area contributed by atoms with Crippen LogP contribution in [0.25, 0.3) is 0 Å².